The second-order valence-corrected chi connectivity index (χ2v) is 7.21. The summed E-state index contributed by atoms with van der Waals surface area (Å²) in [4.78, 5) is 17.2. The second-order valence-electron chi connectivity index (χ2n) is 7.21. The van der Waals surface area contributed by atoms with Crippen molar-refractivity contribution in [1.82, 2.24) is 25.2 Å². The van der Waals surface area contributed by atoms with Crippen LogP contribution >= 0.6 is 0 Å². The van der Waals surface area contributed by atoms with Crippen LogP contribution in [0.25, 0.3) is 16.9 Å². The summed E-state index contributed by atoms with van der Waals surface area (Å²) in [5.74, 6) is 0.890. The average molecular weight is 401 g/mol. The van der Waals surface area contributed by atoms with E-state index in [1.165, 1.54) is 5.56 Å². The molecule has 0 fully saturated rings. The molecule has 1 N–H and O–H groups in total. The number of hydrogen-bond donors (Lipinski definition) is 1. The van der Waals surface area contributed by atoms with Gasteiger partial charge in [0.25, 0.3) is 5.91 Å². The van der Waals surface area contributed by atoms with E-state index in [-0.39, 0.29) is 5.91 Å². The molecule has 1 amide bonds. The van der Waals surface area contributed by atoms with Crippen molar-refractivity contribution in [1.29, 1.82) is 0 Å². The van der Waals surface area contributed by atoms with Crippen LogP contribution in [0.4, 0.5) is 0 Å². The number of amides is 1. The van der Waals surface area contributed by atoms with Crippen LogP contribution in [-0.2, 0) is 6.42 Å². The Balaban J connectivity index is 1.63. The molecule has 0 atom stereocenters. The Morgan fingerprint density at radius 1 is 1.07 bits per heavy atom. The third-order valence-electron chi connectivity index (χ3n) is 4.95. The fourth-order valence-corrected chi connectivity index (χ4v) is 3.17. The van der Waals surface area contributed by atoms with E-state index in [1.807, 2.05) is 42.5 Å². The topological polar surface area (TPSA) is 85.8 Å². The van der Waals surface area contributed by atoms with Gasteiger partial charge in [0.1, 0.15) is 5.69 Å². The van der Waals surface area contributed by atoms with Crippen molar-refractivity contribution in [3.8, 4) is 16.9 Å². The summed E-state index contributed by atoms with van der Waals surface area (Å²) < 4.78 is 6.84. The van der Waals surface area contributed by atoms with Gasteiger partial charge >= 0.3 is 0 Å². The third kappa shape index (κ3) is 4.15. The zero-order valence-corrected chi connectivity index (χ0v) is 17.2. The lowest BCUT2D eigenvalue weighted by Crippen LogP contribution is -2.26. The van der Waals surface area contributed by atoms with Gasteiger partial charge in [-0.05, 0) is 50.1 Å². The number of benzene rings is 2. The van der Waals surface area contributed by atoms with Gasteiger partial charge in [0, 0.05) is 24.7 Å². The van der Waals surface area contributed by atoms with Gasteiger partial charge in [-0.3, -0.25) is 4.79 Å². The number of aromatic nitrogens is 4. The Morgan fingerprint density at radius 3 is 2.57 bits per heavy atom. The van der Waals surface area contributed by atoms with Crippen LogP contribution in [0.5, 0.6) is 0 Å². The van der Waals surface area contributed by atoms with Crippen LogP contribution in [0, 0.1) is 20.8 Å². The SMILES string of the molecule is Cc1noc(CCNC(=O)c2cn(-c3ccccc3)nc2-c2ccc(C)c(C)c2)n1. The second kappa shape index (κ2) is 8.32. The van der Waals surface area contributed by atoms with Gasteiger partial charge in [-0.15, -0.1) is 0 Å². The molecule has 2 aromatic carbocycles. The summed E-state index contributed by atoms with van der Waals surface area (Å²) in [7, 11) is 0. The molecular formula is C23H23N5O2. The summed E-state index contributed by atoms with van der Waals surface area (Å²) in [6, 6.07) is 15.9. The fraction of sp³-hybridized carbons (Fsp3) is 0.217. The molecule has 0 aliphatic carbocycles. The van der Waals surface area contributed by atoms with Crippen LogP contribution in [-0.4, -0.2) is 32.4 Å². The normalized spacial score (nSPS) is 10.9. The molecule has 0 spiro atoms. The lowest BCUT2D eigenvalue weighted by Gasteiger charge is -2.06. The number of hydrogen-bond acceptors (Lipinski definition) is 5. The number of carbonyl (C=O) groups excluding carboxylic acids is 1. The van der Waals surface area contributed by atoms with Gasteiger partial charge in [-0.1, -0.05) is 35.5 Å². The van der Waals surface area contributed by atoms with E-state index in [4.69, 9.17) is 9.62 Å². The molecule has 0 aliphatic heterocycles. The van der Waals surface area contributed by atoms with E-state index in [0.29, 0.717) is 35.9 Å². The molecule has 2 aromatic heterocycles. The highest BCUT2D eigenvalue weighted by Gasteiger charge is 2.19. The van der Waals surface area contributed by atoms with Crippen LogP contribution in [0.3, 0.4) is 0 Å². The first-order chi connectivity index (χ1) is 14.5. The lowest BCUT2D eigenvalue weighted by atomic mass is 10.0. The average Bonchev–Trinajstić information content (AvgIpc) is 3.37. The number of rotatable bonds is 6. The molecule has 0 saturated heterocycles. The van der Waals surface area contributed by atoms with Crippen LogP contribution < -0.4 is 5.32 Å². The van der Waals surface area contributed by atoms with Crippen molar-refractivity contribution >= 4 is 5.91 Å². The first kappa shape index (κ1) is 19.6. The quantitative estimate of drug-likeness (QED) is 0.531. The molecule has 2 heterocycles. The van der Waals surface area contributed by atoms with E-state index in [9.17, 15) is 4.79 Å². The summed E-state index contributed by atoms with van der Waals surface area (Å²) in [6.07, 6.45) is 2.24. The summed E-state index contributed by atoms with van der Waals surface area (Å²) in [5.41, 5.74) is 5.31. The van der Waals surface area contributed by atoms with Crippen molar-refractivity contribution in [2.24, 2.45) is 0 Å². The first-order valence-corrected chi connectivity index (χ1v) is 9.81. The van der Waals surface area contributed by atoms with Crippen LogP contribution in [0.1, 0.15) is 33.2 Å². The zero-order chi connectivity index (χ0) is 21.1. The minimum Gasteiger partial charge on any atom is -0.351 e. The smallest absolute Gasteiger partial charge is 0.255 e. The monoisotopic (exact) mass is 401 g/mol. The van der Waals surface area contributed by atoms with Gasteiger partial charge < -0.3 is 9.84 Å². The van der Waals surface area contributed by atoms with Crippen molar-refractivity contribution in [3.05, 3.63) is 83.1 Å². The Labute approximate surface area is 174 Å². The van der Waals surface area contributed by atoms with Crippen molar-refractivity contribution < 1.29 is 9.32 Å². The molecule has 0 saturated carbocycles. The fourth-order valence-electron chi connectivity index (χ4n) is 3.17. The number of nitrogens with one attached hydrogen (secondary N) is 1. The molecule has 4 rings (SSSR count). The standard InChI is InChI=1S/C23H23N5O2/c1-15-9-10-18(13-16(15)2)22-20(14-28(26-22)19-7-5-4-6-8-19)23(29)24-12-11-21-25-17(3)27-30-21/h4-10,13-14H,11-12H2,1-3H3,(H,24,29). The van der Waals surface area contributed by atoms with E-state index >= 15 is 0 Å². The van der Waals surface area contributed by atoms with Crippen molar-refractivity contribution in [3.63, 3.8) is 0 Å². The maximum absolute atomic E-state index is 13.0. The van der Waals surface area contributed by atoms with E-state index in [0.717, 1.165) is 16.8 Å². The lowest BCUT2D eigenvalue weighted by molar-refractivity contribution is 0.0954. The highest BCUT2D eigenvalue weighted by molar-refractivity contribution is 6.00. The highest BCUT2D eigenvalue weighted by atomic mass is 16.5. The Morgan fingerprint density at radius 2 is 1.87 bits per heavy atom. The summed E-state index contributed by atoms with van der Waals surface area (Å²) >= 11 is 0. The van der Waals surface area contributed by atoms with Crippen LogP contribution in [0.15, 0.2) is 59.3 Å². The number of para-hydroxylation sites is 1. The maximum Gasteiger partial charge on any atom is 0.255 e. The molecule has 0 aliphatic rings. The van der Waals surface area contributed by atoms with Gasteiger partial charge in [-0.2, -0.15) is 10.1 Å². The number of aryl methyl sites for hydroxylation is 3. The maximum atomic E-state index is 13.0. The zero-order valence-electron chi connectivity index (χ0n) is 17.2. The summed E-state index contributed by atoms with van der Waals surface area (Å²) in [6.45, 7) is 6.27. The molecular weight excluding hydrogens is 378 g/mol. The Kier molecular flexibility index (Phi) is 5.43. The predicted octanol–water partition coefficient (Wildman–Crippen LogP) is 3.82. The van der Waals surface area contributed by atoms with Gasteiger partial charge in [0.05, 0.1) is 11.3 Å². The molecule has 0 radical (unpaired) electrons. The first-order valence-electron chi connectivity index (χ1n) is 9.81. The Hall–Kier alpha value is -3.74. The minimum absolute atomic E-state index is 0.193. The summed E-state index contributed by atoms with van der Waals surface area (Å²) in [5, 5.41) is 11.4. The molecule has 152 valence electrons. The van der Waals surface area contributed by atoms with Gasteiger partial charge in [0.15, 0.2) is 5.82 Å². The minimum atomic E-state index is -0.193. The van der Waals surface area contributed by atoms with Crippen molar-refractivity contribution in [2.75, 3.05) is 6.54 Å². The van der Waals surface area contributed by atoms with E-state index in [2.05, 4.69) is 35.4 Å². The van der Waals surface area contributed by atoms with E-state index in [1.54, 1.807) is 17.8 Å². The molecule has 7 nitrogen and oxygen atoms in total. The highest BCUT2D eigenvalue weighted by Crippen LogP contribution is 2.26. The third-order valence-corrected chi connectivity index (χ3v) is 4.95. The van der Waals surface area contributed by atoms with Crippen LogP contribution in [0.2, 0.25) is 0 Å². The Bertz CT molecular complexity index is 1180. The molecule has 0 unspecified atom stereocenters. The largest absolute Gasteiger partial charge is 0.351 e. The van der Waals surface area contributed by atoms with Crippen molar-refractivity contribution in [2.45, 2.75) is 27.2 Å². The molecule has 7 heteroatoms. The number of nitrogens with zero attached hydrogens (tertiary/aromatic N) is 4. The molecule has 30 heavy (non-hydrogen) atoms. The van der Waals surface area contributed by atoms with E-state index < -0.39 is 0 Å². The predicted molar refractivity (Wildman–Crippen MR) is 114 cm³/mol. The molecule has 4 aromatic rings. The van der Waals surface area contributed by atoms with Gasteiger partial charge in [0.2, 0.25) is 5.89 Å². The molecule has 0 bridgehead atoms. The van der Waals surface area contributed by atoms with Gasteiger partial charge in [-0.25, -0.2) is 4.68 Å². The number of carbonyl (C=O) groups is 1.